The molecule has 0 radical (unpaired) electrons. The van der Waals surface area contributed by atoms with Gasteiger partial charge in [-0.05, 0) is 124 Å². The van der Waals surface area contributed by atoms with Crippen molar-refractivity contribution < 1.29 is 33.8 Å². The molecule has 366 valence electrons. The number of nitrogens with zero attached hydrogens (tertiary/aromatic N) is 7. The number of amides is 4. The first-order valence-electron chi connectivity index (χ1n) is 23.9. The first-order chi connectivity index (χ1) is 32.1. The number of aryl methyl sites for hydroxylation is 2. The molecule has 3 aliphatic rings. The van der Waals surface area contributed by atoms with Gasteiger partial charge in [-0.2, -0.15) is 5.10 Å². The van der Waals surface area contributed by atoms with E-state index in [-0.39, 0.29) is 49.6 Å². The molecule has 0 saturated carbocycles. The molecule has 3 N–H and O–H groups in total. The largest absolute Gasteiger partial charge is 0.508 e. The molecule has 0 aliphatic carbocycles. The van der Waals surface area contributed by atoms with Gasteiger partial charge in [-0.3, -0.25) is 28.9 Å². The van der Waals surface area contributed by atoms with E-state index in [2.05, 4.69) is 65.8 Å². The molecule has 2 fully saturated rings. The van der Waals surface area contributed by atoms with Gasteiger partial charge in [0.1, 0.15) is 29.7 Å². The summed E-state index contributed by atoms with van der Waals surface area (Å²) in [6.07, 6.45) is 4.02. The molecule has 2 aromatic carbocycles. The molecule has 5 heterocycles. The van der Waals surface area contributed by atoms with Crippen LogP contribution in [0.5, 0.6) is 5.75 Å². The molecule has 4 atom stereocenters. The molecule has 16 nitrogen and oxygen atoms in total. The Morgan fingerprint density at radius 2 is 1.79 bits per heavy atom. The number of hydrogen-bond donors (Lipinski definition) is 3. The average molecular weight is 934 g/mol. The SMILES string of the molecule is C=CC(=O)N1CCC(C)(C(=O)N(C)[C@H](C(=O)N[C@H]2Cc3cc(O)cc(c3)-c3ccc4c(c3)c(c(-c3cc(CN(C)C)nn3C)n4CC)CC(C)(C)COC[C@@]3(C=O)CCCN(N3)C2=O)C(C)C)C1. The number of aldehydes is 1. The van der Waals surface area contributed by atoms with Crippen LogP contribution in [0.1, 0.15) is 77.6 Å². The van der Waals surface area contributed by atoms with Crippen LogP contribution in [0.25, 0.3) is 33.4 Å². The lowest BCUT2D eigenvalue weighted by atomic mass is 9.84. The third-order valence-corrected chi connectivity index (χ3v) is 14.0. The van der Waals surface area contributed by atoms with Crippen molar-refractivity contribution in [2.75, 3.05) is 54.0 Å². The number of aromatic hydroxyl groups is 1. The molecule has 2 saturated heterocycles. The summed E-state index contributed by atoms with van der Waals surface area (Å²) in [5.74, 6) is -1.91. The van der Waals surface area contributed by atoms with Crippen LogP contribution in [-0.2, 0) is 61.7 Å². The molecular weight excluding hydrogens is 863 g/mol. The molecule has 1 unspecified atom stereocenters. The van der Waals surface area contributed by atoms with E-state index in [1.165, 1.54) is 16.0 Å². The van der Waals surface area contributed by atoms with Gasteiger partial charge in [-0.1, -0.05) is 46.4 Å². The molecule has 3 aliphatic heterocycles. The predicted molar refractivity (Wildman–Crippen MR) is 262 cm³/mol. The van der Waals surface area contributed by atoms with Crippen LogP contribution >= 0.6 is 0 Å². The summed E-state index contributed by atoms with van der Waals surface area (Å²) < 4.78 is 10.8. The minimum atomic E-state index is -1.22. The molecule has 6 bridgehead atoms. The average Bonchev–Trinajstić information content (AvgIpc) is 3.96. The third-order valence-electron chi connectivity index (χ3n) is 14.0. The first kappa shape index (κ1) is 50.0. The van der Waals surface area contributed by atoms with Gasteiger partial charge in [-0.25, -0.2) is 5.43 Å². The fraction of sp³-hybridized carbons (Fsp3) is 0.538. The Labute approximate surface area is 400 Å². The molecular formula is C52H71N9O7. The number of phenolic OH excluding ortho intramolecular Hbond substituents is 1. The number of hydrazine groups is 1. The van der Waals surface area contributed by atoms with Crippen LogP contribution in [0.4, 0.5) is 0 Å². The van der Waals surface area contributed by atoms with Crippen molar-refractivity contribution in [3.05, 3.63) is 71.9 Å². The summed E-state index contributed by atoms with van der Waals surface area (Å²) in [6, 6.07) is 11.6. The Morgan fingerprint density at radius 1 is 1.04 bits per heavy atom. The topological polar surface area (TPSA) is 175 Å². The van der Waals surface area contributed by atoms with Crippen LogP contribution in [0.15, 0.2) is 55.1 Å². The zero-order chi connectivity index (χ0) is 49.5. The fourth-order valence-electron chi connectivity index (χ4n) is 10.7. The van der Waals surface area contributed by atoms with Crippen molar-refractivity contribution in [3.8, 4) is 28.3 Å². The molecule has 4 amide bonds. The van der Waals surface area contributed by atoms with Crippen molar-refractivity contribution in [2.45, 2.75) is 104 Å². The number of benzene rings is 2. The van der Waals surface area contributed by atoms with Crippen molar-refractivity contribution in [1.29, 1.82) is 0 Å². The summed E-state index contributed by atoms with van der Waals surface area (Å²) in [6.45, 7) is 18.1. The van der Waals surface area contributed by atoms with Crippen LogP contribution in [0, 0.1) is 16.7 Å². The summed E-state index contributed by atoms with van der Waals surface area (Å²) >= 11 is 0. The second-order valence-electron chi connectivity index (χ2n) is 21.0. The molecule has 4 aromatic rings. The highest BCUT2D eigenvalue weighted by molar-refractivity contribution is 5.96. The Balaban J connectivity index is 1.31. The van der Waals surface area contributed by atoms with E-state index in [0.29, 0.717) is 57.5 Å². The number of likely N-dealkylation sites (tertiary alicyclic amines) is 1. The van der Waals surface area contributed by atoms with Gasteiger partial charge in [0.25, 0.3) is 5.91 Å². The van der Waals surface area contributed by atoms with E-state index in [9.17, 15) is 29.1 Å². The summed E-state index contributed by atoms with van der Waals surface area (Å²) in [7, 11) is 7.63. The molecule has 16 heteroatoms. The third kappa shape index (κ3) is 10.1. The number of aromatic nitrogens is 3. The van der Waals surface area contributed by atoms with Crippen LogP contribution < -0.4 is 10.7 Å². The monoisotopic (exact) mass is 934 g/mol. The molecule has 7 rings (SSSR count). The number of carbonyl (C=O) groups excluding carboxylic acids is 5. The van der Waals surface area contributed by atoms with Crippen molar-refractivity contribution in [3.63, 3.8) is 0 Å². The van der Waals surface area contributed by atoms with Gasteiger partial charge in [-0.15, -0.1) is 0 Å². The van der Waals surface area contributed by atoms with Crippen LogP contribution in [0.2, 0.25) is 0 Å². The van der Waals surface area contributed by atoms with E-state index in [1.54, 1.807) is 31.0 Å². The lowest BCUT2D eigenvalue weighted by molar-refractivity contribution is -0.150. The highest BCUT2D eigenvalue weighted by atomic mass is 16.5. The number of fused-ring (bicyclic) bond motifs is 6. The van der Waals surface area contributed by atoms with E-state index in [4.69, 9.17) is 9.84 Å². The minimum absolute atomic E-state index is 0.00611. The quantitative estimate of drug-likeness (QED) is 0.136. The van der Waals surface area contributed by atoms with E-state index >= 15 is 0 Å². The van der Waals surface area contributed by atoms with E-state index in [1.807, 2.05) is 51.8 Å². The molecule has 68 heavy (non-hydrogen) atoms. The van der Waals surface area contributed by atoms with Crippen molar-refractivity contribution in [1.82, 2.24) is 44.8 Å². The summed E-state index contributed by atoms with van der Waals surface area (Å²) in [4.78, 5) is 74.6. The minimum Gasteiger partial charge on any atom is -0.508 e. The number of rotatable bonds is 11. The van der Waals surface area contributed by atoms with Crippen LogP contribution in [-0.4, -0.2) is 141 Å². The second-order valence-corrected chi connectivity index (χ2v) is 21.0. The normalized spacial score (nSPS) is 22.6. The number of phenols is 1. The number of hydrogen-bond acceptors (Lipinski definition) is 10. The van der Waals surface area contributed by atoms with E-state index < -0.39 is 40.3 Å². The highest BCUT2D eigenvalue weighted by Crippen LogP contribution is 2.41. The maximum absolute atomic E-state index is 14.9. The van der Waals surface area contributed by atoms with Crippen molar-refractivity contribution >= 4 is 40.8 Å². The summed E-state index contributed by atoms with van der Waals surface area (Å²) in [5, 5.41) is 21.8. The Bertz CT molecular complexity index is 2600. The predicted octanol–water partition coefficient (Wildman–Crippen LogP) is 5.09. The lowest BCUT2D eigenvalue weighted by Crippen LogP contribution is -2.66. The lowest BCUT2D eigenvalue weighted by Gasteiger charge is -2.42. The fourth-order valence-corrected chi connectivity index (χ4v) is 10.7. The van der Waals surface area contributed by atoms with Gasteiger partial charge in [0.05, 0.1) is 35.7 Å². The van der Waals surface area contributed by atoms with Crippen LogP contribution in [0.3, 0.4) is 0 Å². The smallest absolute Gasteiger partial charge is 0.259 e. The van der Waals surface area contributed by atoms with Gasteiger partial charge >= 0.3 is 0 Å². The molecule has 0 spiro atoms. The Kier molecular flexibility index (Phi) is 14.5. The maximum atomic E-state index is 14.9. The standard InChI is InChI=1S/C52H71N9O7/c1-12-44(64)59-20-18-51(7,29-59)49(67)57(10)45(33(3)4)47(65)53-41-23-34-21-36(24-38(63)22-34)35-15-16-42-39(25-35)40(46(60(42)13-2)43-26-37(28-56(8)9)54-58(43)11)27-50(5,6)31-68-32-52(30-62)17-14-19-61(55-52)48(41)66/h12,15-16,21-22,24-26,30,33,41,45,55,63H,1,13-14,17-20,23,27-29,31-32H2,2-11H3,(H,53,65)/t41-,45-,51?,52-/m0/s1. The van der Waals surface area contributed by atoms with Crippen molar-refractivity contribution in [2.24, 2.45) is 23.8 Å². The van der Waals surface area contributed by atoms with Gasteiger partial charge in [0.15, 0.2) is 0 Å². The number of ether oxygens (including phenoxy) is 1. The first-order valence-corrected chi connectivity index (χ1v) is 23.9. The van der Waals surface area contributed by atoms with E-state index in [0.717, 1.165) is 51.0 Å². The Morgan fingerprint density at radius 3 is 2.47 bits per heavy atom. The summed E-state index contributed by atoms with van der Waals surface area (Å²) in [5.41, 5.74) is 8.03. The Hall–Kier alpha value is -5.84. The number of carbonyl (C=O) groups is 5. The maximum Gasteiger partial charge on any atom is 0.259 e. The number of nitrogens with one attached hydrogen (secondary N) is 2. The van der Waals surface area contributed by atoms with Gasteiger partial charge in [0, 0.05) is 64.1 Å². The van der Waals surface area contributed by atoms with Gasteiger partial charge in [0.2, 0.25) is 17.7 Å². The second kappa shape index (κ2) is 19.6. The number of likely N-dealkylation sites (N-methyl/N-ethyl adjacent to an activating group) is 1. The zero-order valence-corrected chi connectivity index (χ0v) is 41.6. The zero-order valence-electron chi connectivity index (χ0n) is 41.6. The van der Waals surface area contributed by atoms with Gasteiger partial charge < -0.3 is 39.2 Å². The molecule has 2 aromatic heterocycles. The highest BCUT2D eigenvalue weighted by Gasteiger charge is 2.47.